The van der Waals surface area contributed by atoms with Crippen molar-refractivity contribution in [2.24, 2.45) is 5.41 Å². The third kappa shape index (κ3) is 3.64. The van der Waals surface area contributed by atoms with Crippen molar-refractivity contribution >= 4 is 27.7 Å². The van der Waals surface area contributed by atoms with E-state index in [-0.39, 0.29) is 16.4 Å². The molecular formula is C17H23ClN2O4S. The Balaban J connectivity index is 1.61. The molecule has 1 atom stereocenters. The van der Waals surface area contributed by atoms with Gasteiger partial charge in [-0.25, -0.2) is 13.2 Å². The van der Waals surface area contributed by atoms with Gasteiger partial charge in [0.25, 0.3) is 0 Å². The maximum atomic E-state index is 12.6. The van der Waals surface area contributed by atoms with Crippen LogP contribution in [-0.4, -0.2) is 43.5 Å². The molecule has 2 fully saturated rings. The number of nitrogens with one attached hydrogen (secondary N) is 1. The predicted molar refractivity (Wildman–Crippen MR) is 95.0 cm³/mol. The van der Waals surface area contributed by atoms with Crippen molar-refractivity contribution in [3.8, 4) is 0 Å². The van der Waals surface area contributed by atoms with Gasteiger partial charge < -0.3 is 10.1 Å². The Hall–Kier alpha value is -1.31. The number of nitrogens with zero attached hydrogens (tertiary/aromatic N) is 1. The SMILES string of the molecule is CC(C)(C)OC(=O)NC1CCC12CN(S(=O)(=O)c1ccc(Cl)cc1)C2. The summed E-state index contributed by atoms with van der Waals surface area (Å²) >= 11 is 5.82. The zero-order valence-corrected chi connectivity index (χ0v) is 16.2. The van der Waals surface area contributed by atoms with Crippen molar-refractivity contribution in [1.82, 2.24) is 9.62 Å². The second kappa shape index (κ2) is 6.14. The highest BCUT2D eigenvalue weighted by atomic mass is 35.5. The molecule has 2 aliphatic rings. The zero-order valence-electron chi connectivity index (χ0n) is 14.6. The van der Waals surface area contributed by atoms with E-state index in [2.05, 4.69) is 5.32 Å². The fourth-order valence-corrected chi connectivity index (χ4v) is 5.09. The molecule has 0 bridgehead atoms. The highest BCUT2D eigenvalue weighted by Crippen LogP contribution is 2.50. The third-order valence-electron chi connectivity index (χ3n) is 4.79. The minimum atomic E-state index is -3.52. The van der Waals surface area contributed by atoms with E-state index < -0.39 is 21.7 Å². The standard InChI is InChI=1S/C17H23ClN2O4S/c1-16(2,3)24-15(21)19-14-8-9-17(14)10-20(11-17)25(22,23)13-6-4-12(18)5-7-13/h4-7,14H,8-11H2,1-3H3,(H,19,21). The van der Waals surface area contributed by atoms with E-state index in [0.29, 0.717) is 18.1 Å². The van der Waals surface area contributed by atoms with Gasteiger partial charge in [0, 0.05) is 29.6 Å². The fourth-order valence-electron chi connectivity index (χ4n) is 3.33. The van der Waals surface area contributed by atoms with Gasteiger partial charge in [-0.05, 0) is 57.9 Å². The first kappa shape index (κ1) is 18.5. The largest absolute Gasteiger partial charge is 0.444 e. The van der Waals surface area contributed by atoms with Gasteiger partial charge in [0.1, 0.15) is 5.60 Å². The number of hydrogen-bond acceptors (Lipinski definition) is 4. The van der Waals surface area contributed by atoms with Gasteiger partial charge in [-0.2, -0.15) is 4.31 Å². The monoisotopic (exact) mass is 386 g/mol. The average Bonchev–Trinajstić information content (AvgIpc) is 2.40. The first-order chi connectivity index (χ1) is 11.5. The normalized spacial score (nSPS) is 22.8. The van der Waals surface area contributed by atoms with Crippen LogP contribution in [0.1, 0.15) is 33.6 Å². The van der Waals surface area contributed by atoms with Gasteiger partial charge >= 0.3 is 6.09 Å². The fraction of sp³-hybridized carbons (Fsp3) is 0.588. The van der Waals surface area contributed by atoms with Crippen LogP contribution in [0.2, 0.25) is 5.02 Å². The van der Waals surface area contributed by atoms with Crippen LogP contribution in [0.15, 0.2) is 29.2 Å². The van der Waals surface area contributed by atoms with Crippen LogP contribution >= 0.6 is 11.6 Å². The maximum absolute atomic E-state index is 12.6. The summed E-state index contributed by atoms with van der Waals surface area (Å²) in [5.74, 6) is 0. The number of alkyl carbamates (subject to hydrolysis) is 1. The molecule has 3 rings (SSSR count). The minimum Gasteiger partial charge on any atom is -0.444 e. The molecule has 0 aromatic heterocycles. The lowest BCUT2D eigenvalue weighted by Crippen LogP contribution is -2.71. The van der Waals surface area contributed by atoms with Crippen molar-refractivity contribution in [2.45, 2.75) is 50.2 Å². The van der Waals surface area contributed by atoms with E-state index in [1.807, 2.05) is 20.8 Å². The lowest BCUT2D eigenvalue weighted by molar-refractivity contribution is -0.0498. The number of sulfonamides is 1. The second-order valence-corrected chi connectivity index (χ2v) is 10.2. The summed E-state index contributed by atoms with van der Waals surface area (Å²) in [5.41, 5.74) is -0.721. The van der Waals surface area contributed by atoms with Crippen molar-refractivity contribution in [3.05, 3.63) is 29.3 Å². The molecular weight excluding hydrogens is 364 g/mol. The summed E-state index contributed by atoms with van der Waals surface area (Å²) < 4.78 is 32.0. The number of carbonyl (C=O) groups is 1. The molecule has 1 aliphatic heterocycles. The number of hydrogen-bond donors (Lipinski definition) is 1. The van der Waals surface area contributed by atoms with Crippen molar-refractivity contribution < 1.29 is 17.9 Å². The van der Waals surface area contributed by atoms with E-state index in [9.17, 15) is 13.2 Å². The number of halogens is 1. The summed E-state index contributed by atoms with van der Waals surface area (Å²) in [6.07, 6.45) is 1.30. The first-order valence-corrected chi connectivity index (χ1v) is 10.1. The van der Waals surface area contributed by atoms with Gasteiger partial charge in [-0.15, -0.1) is 0 Å². The van der Waals surface area contributed by atoms with Crippen LogP contribution in [-0.2, 0) is 14.8 Å². The quantitative estimate of drug-likeness (QED) is 0.866. The van der Waals surface area contributed by atoms with Gasteiger partial charge in [0.15, 0.2) is 0 Å². The van der Waals surface area contributed by atoms with Gasteiger partial charge in [0.05, 0.1) is 4.90 Å². The summed E-state index contributed by atoms with van der Waals surface area (Å²) in [5, 5.41) is 3.38. The van der Waals surface area contributed by atoms with Crippen molar-refractivity contribution in [1.29, 1.82) is 0 Å². The number of rotatable bonds is 3. The smallest absolute Gasteiger partial charge is 0.407 e. The lowest BCUT2D eigenvalue weighted by Gasteiger charge is -2.59. The van der Waals surface area contributed by atoms with Crippen molar-refractivity contribution in [3.63, 3.8) is 0 Å². The maximum Gasteiger partial charge on any atom is 0.407 e. The van der Waals surface area contributed by atoms with Gasteiger partial charge in [0.2, 0.25) is 10.0 Å². The minimum absolute atomic E-state index is 0.0426. The molecule has 1 saturated heterocycles. The topological polar surface area (TPSA) is 75.7 Å². The van der Waals surface area contributed by atoms with E-state index >= 15 is 0 Å². The molecule has 1 aromatic rings. The Kier molecular flexibility index (Phi) is 4.54. The molecule has 1 heterocycles. The van der Waals surface area contributed by atoms with E-state index in [0.717, 1.165) is 12.8 Å². The molecule has 0 radical (unpaired) electrons. The summed E-state index contributed by atoms with van der Waals surface area (Å²) in [4.78, 5) is 12.2. The summed E-state index contributed by atoms with van der Waals surface area (Å²) in [6, 6.07) is 6.12. The van der Waals surface area contributed by atoms with Crippen LogP contribution in [0, 0.1) is 5.41 Å². The second-order valence-electron chi connectivity index (χ2n) is 7.83. The molecule has 1 aliphatic carbocycles. The lowest BCUT2D eigenvalue weighted by atomic mass is 9.60. The molecule has 1 saturated carbocycles. The van der Waals surface area contributed by atoms with Gasteiger partial charge in [-0.1, -0.05) is 11.6 Å². The van der Waals surface area contributed by atoms with Crippen LogP contribution < -0.4 is 5.32 Å². The molecule has 1 unspecified atom stereocenters. The number of ether oxygens (including phenoxy) is 1. The Bertz CT molecular complexity index is 765. The Morgan fingerprint density at radius 2 is 1.88 bits per heavy atom. The highest BCUT2D eigenvalue weighted by molar-refractivity contribution is 7.89. The molecule has 1 amide bonds. The summed E-state index contributed by atoms with van der Waals surface area (Å²) in [7, 11) is -3.52. The Morgan fingerprint density at radius 1 is 1.28 bits per heavy atom. The number of benzene rings is 1. The number of carbonyl (C=O) groups excluding carboxylic acids is 1. The highest BCUT2D eigenvalue weighted by Gasteiger charge is 2.58. The first-order valence-electron chi connectivity index (χ1n) is 8.27. The zero-order chi connectivity index (χ0) is 18.5. The van der Waals surface area contributed by atoms with Crippen LogP contribution in [0.3, 0.4) is 0 Å². The Morgan fingerprint density at radius 3 is 2.36 bits per heavy atom. The third-order valence-corrected chi connectivity index (χ3v) is 6.85. The molecule has 25 heavy (non-hydrogen) atoms. The summed E-state index contributed by atoms with van der Waals surface area (Å²) in [6.45, 7) is 6.27. The molecule has 8 heteroatoms. The average molecular weight is 387 g/mol. The molecule has 138 valence electrons. The van der Waals surface area contributed by atoms with Crippen LogP contribution in [0.25, 0.3) is 0 Å². The predicted octanol–water partition coefficient (Wildman–Crippen LogP) is 3.02. The van der Waals surface area contributed by atoms with E-state index in [1.54, 1.807) is 12.1 Å². The number of amides is 1. The molecule has 1 N–H and O–H groups in total. The Labute approximate surface area is 153 Å². The van der Waals surface area contributed by atoms with E-state index in [1.165, 1.54) is 16.4 Å². The van der Waals surface area contributed by atoms with Gasteiger partial charge in [-0.3, -0.25) is 0 Å². The molecule has 6 nitrogen and oxygen atoms in total. The van der Waals surface area contributed by atoms with Crippen LogP contribution in [0.5, 0.6) is 0 Å². The van der Waals surface area contributed by atoms with E-state index in [4.69, 9.17) is 16.3 Å². The van der Waals surface area contributed by atoms with Crippen LogP contribution in [0.4, 0.5) is 4.79 Å². The van der Waals surface area contributed by atoms with Crippen molar-refractivity contribution in [2.75, 3.05) is 13.1 Å². The molecule has 1 aromatic carbocycles. The molecule has 1 spiro atoms.